The Labute approximate surface area is 156 Å². The minimum atomic E-state index is -1.08. The van der Waals surface area contributed by atoms with E-state index in [1.54, 1.807) is 6.92 Å². The van der Waals surface area contributed by atoms with Gasteiger partial charge in [0.25, 0.3) is 5.89 Å². The van der Waals surface area contributed by atoms with Gasteiger partial charge in [-0.3, -0.25) is 0 Å². The second kappa shape index (κ2) is 7.20. The van der Waals surface area contributed by atoms with E-state index in [1.165, 1.54) is 11.1 Å². The molecule has 0 fully saturated rings. The first-order valence-electron chi connectivity index (χ1n) is 8.70. The summed E-state index contributed by atoms with van der Waals surface area (Å²) >= 11 is 0. The fraction of sp³-hybridized carbons (Fsp3) is 0.250. The van der Waals surface area contributed by atoms with Crippen LogP contribution in [0.2, 0.25) is 0 Å². The predicted molar refractivity (Wildman–Crippen MR) is 97.1 cm³/mol. The van der Waals surface area contributed by atoms with E-state index in [9.17, 15) is 9.90 Å². The van der Waals surface area contributed by atoms with Crippen molar-refractivity contribution >= 4 is 6.09 Å². The second-order valence-corrected chi connectivity index (χ2v) is 6.40. The first-order valence-corrected chi connectivity index (χ1v) is 8.70. The minimum Gasteiger partial charge on any atom is -0.449 e. The highest BCUT2D eigenvalue weighted by Gasteiger charge is 2.29. The summed E-state index contributed by atoms with van der Waals surface area (Å²) in [6.45, 7) is 1.80. The van der Waals surface area contributed by atoms with Crippen LogP contribution in [-0.2, 0) is 4.74 Å². The number of alkyl carbamates (subject to hydrolysis) is 1. The lowest BCUT2D eigenvalue weighted by Crippen LogP contribution is -2.30. The number of nitrogens with zero attached hydrogens (tertiary/aromatic N) is 2. The predicted octanol–water partition coefficient (Wildman–Crippen LogP) is 2.95. The normalized spacial score (nSPS) is 13.7. The fourth-order valence-electron chi connectivity index (χ4n) is 3.37. The Kier molecular flexibility index (Phi) is 4.60. The van der Waals surface area contributed by atoms with Gasteiger partial charge in [-0.2, -0.15) is 4.98 Å². The molecule has 3 aromatic rings. The number of carbonyl (C=O) groups excluding carboxylic acids is 1. The summed E-state index contributed by atoms with van der Waals surface area (Å²) < 4.78 is 10.3. The minimum absolute atomic E-state index is 0.00772. The van der Waals surface area contributed by atoms with Crippen LogP contribution in [0.25, 0.3) is 11.1 Å². The first-order chi connectivity index (χ1) is 13.1. The molecule has 1 aliphatic rings. The van der Waals surface area contributed by atoms with Crippen molar-refractivity contribution in [3.05, 3.63) is 71.4 Å². The van der Waals surface area contributed by atoms with Gasteiger partial charge in [-0.25, -0.2) is 4.79 Å². The molecule has 0 saturated heterocycles. The summed E-state index contributed by atoms with van der Waals surface area (Å²) in [4.78, 5) is 16.0. The molecular weight excluding hydrogens is 346 g/mol. The maximum atomic E-state index is 12.1. The number of aromatic nitrogens is 2. The molecule has 138 valence electrons. The number of benzene rings is 2. The molecule has 27 heavy (non-hydrogen) atoms. The van der Waals surface area contributed by atoms with Crippen LogP contribution in [0.15, 0.2) is 53.1 Å². The van der Waals surface area contributed by atoms with E-state index in [-0.39, 0.29) is 25.0 Å². The monoisotopic (exact) mass is 365 g/mol. The summed E-state index contributed by atoms with van der Waals surface area (Å²) in [5.41, 5.74) is 4.63. The van der Waals surface area contributed by atoms with Crippen LogP contribution in [0.5, 0.6) is 0 Å². The molecule has 1 amide bonds. The molecule has 2 N–H and O–H groups in total. The second-order valence-electron chi connectivity index (χ2n) is 6.40. The average molecular weight is 365 g/mol. The number of carbonyl (C=O) groups is 1. The zero-order valence-corrected chi connectivity index (χ0v) is 14.8. The van der Waals surface area contributed by atoms with Crippen molar-refractivity contribution in [2.24, 2.45) is 0 Å². The van der Waals surface area contributed by atoms with E-state index < -0.39 is 12.2 Å². The first kappa shape index (κ1) is 17.2. The topological polar surface area (TPSA) is 97.5 Å². The molecule has 7 heteroatoms. The van der Waals surface area contributed by atoms with E-state index in [0.29, 0.717) is 5.82 Å². The standard InChI is InChI=1S/C20H19N3O4/c1-12-22-19(27-23-12)18(24)10-21-20(25)26-11-17-15-8-4-2-6-13(15)14-7-3-5-9-16(14)17/h2-9,17-18,24H,10-11H2,1H3,(H,21,25). The number of rotatable bonds is 5. The molecule has 4 rings (SSSR count). The van der Waals surface area contributed by atoms with Crippen LogP contribution in [0.3, 0.4) is 0 Å². The van der Waals surface area contributed by atoms with E-state index in [0.717, 1.165) is 11.1 Å². The molecule has 1 aromatic heterocycles. The maximum Gasteiger partial charge on any atom is 0.407 e. The largest absolute Gasteiger partial charge is 0.449 e. The molecule has 2 aromatic carbocycles. The lowest BCUT2D eigenvalue weighted by Gasteiger charge is -2.15. The molecule has 1 heterocycles. The van der Waals surface area contributed by atoms with Gasteiger partial charge in [-0.1, -0.05) is 53.7 Å². The zero-order valence-electron chi connectivity index (χ0n) is 14.8. The Morgan fingerprint density at radius 2 is 1.81 bits per heavy atom. The number of ether oxygens (including phenoxy) is 1. The maximum absolute atomic E-state index is 12.1. The quantitative estimate of drug-likeness (QED) is 0.721. The Bertz CT molecular complexity index is 924. The van der Waals surface area contributed by atoms with Gasteiger partial charge in [0.15, 0.2) is 11.9 Å². The molecule has 7 nitrogen and oxygen atoms in total. The van der Waals surface area contributed by atoms with E-state index in [2.05, 4.69) is 39.7 Å². The summed E-state index contributed by atoms with van der Waals surface area (Å²) in [6, 6.07) is 16.3. The van der Waals surface area contributed by atoms with Gasteiger partial charge in [0.2, 0.25) is 0 Å². The van der Waals surface area contributed by atoms with Crippen molar-refractivity contribution < 1.29 is 19.2 Å². The summed E-state index contributed by atoms with van der Waals surface area (Å²) in [5, 5.41) is 16.1. The van der Waals surface area contributed by atoms with Crippen molar-refractivity contribution in [3.63, 3.8) is 0 Å². The SMILES string of the molecule is Cc1noc(C(O)CNC(=O)OCC2c3ccccc3-c3ccccc32)n1. The highest BCUT2D eigenvalue weighted by atomic mass is 16.5. The van der Waals surface area contributed by atoms with Crippen LogP contribution >= 0.6 is 0 Å². The van der Waals surface area contributed by atoms with E-state index in [4.69, 9.17) is 9.26 Å². The Hall–Kier alpha value is -3.19. The number of amides is 1. The fourth-order valence-corrected chi connectivity index (χ4v) is 3.37. The molecular formula is C20H19N3O4. The van der Waals surface area contributed by atoms with Gasteiger partial charge in [0.1, 0.15) is 6.61 Å². The van der Waals surface area contributed by atoms with Gasteiger partial charge in [-0.05, 0) is 29.2 Å². The number of aliphatic hydroxyl groups excluding tert-OH is 1. The molecule has 1 atom stereocenters. The van der Waals surface area contributed by atoms with Crippen LogP contribution in [0.1, 0.15) is 34.9 Å². The number of hydrogen-bond acceptors (Lipinski definition) is 6. The lowest BCUT2D eigenvalue weighted by molar-refractivity contribution is 0.113. The molecule has 0 spiro atoms. The van der Waals surface area contributed by atoms with Crippen LogP contribution < -0.4 is 5.32 Å². The van der Waals surface area contributed by atoms with Crippen LogP contribution in [0.4, 0.5) is 4.79 Å². The third kappa shape index (κ3) is 3.41. The van der Waals surface area contributed by atoms with Gasteiger partial charge >= 0.3 is 6.09 Å². The number of nitrogens with one attached hydrogen (secondary N) is 1. The summed E-state index contributed by atoms with van der Waals surface area (Å²) in [7, 11) is 0. The lowest BCUT2D eigenvalue weighted by atomic mass is 9.98. The Balaban J connectivity index is 1.38. The highest BCUT2D eigenvalue weighted by Crippen LogP contribution is 2.44. The average Bonchev–Trinajstić information content (AvgIpc) is 3.26. The van der Waals surface area contributed by atoms with Gasteiger partial charge in [0.05, 0.1) is 6.54 Å². The molecule has 0 saturated carbocycles. The zero-order chi connectivity index (χ0) is 18.8. The number of fused-ring (bicyclic) bond motifs is 3. The third-order valence-corrected chi connectivity index (χ3v) is 4.61. The van der Waals surface area contributed by atoms with Crippen molar-refractivity contribution in [1.82, 2.24) is 15.5 Å². The molecule has 0 radical (unpaired) electrons. The van der Waals surface area contributed by atoms with E-state index >= 15 is 0 Å². The summed E-state index contributed by atoms with van der Waals surface area (Å²) in [6.07, 6.45) is -1.68. The number of hydrogen-bond donors (Lipinski definition) is 2. The van der Waals surface area contributed by atoms with Crippen LogP contribution in [0, 0.1) is 6.92 Å². The van der Waals surface area contributed by atoms with E-state index in [1.807, 2.05) is 24.3 Å². The van der Waals surface area contributed by atoms with Crippen molar-refractivity contribution in [2.75, 3.05) is 13.2 Å². The van der Waals surface area contributed by atoms with Crippen molar-refractivity contribution in [3.8, 4) is 11.1 Å². The van der Waals surface area contributed by atoms with Gasteiger partial charge in [0, 0.05) is 5.92 Å². The van der Waals surface area contributed by atoms with Gasteiger partial charge in [-0.15, -0.1) is 0 Å². The number of aryl methyl sites for hydroxylation is 1. The van der Waals surface area contributed by atoms with Crippen molar-refractivity contribution in [2.45, 2.75) is 18.9 Å². The number of aliphatic hydroxyl groups is 1. The molecule has 0 bridgehead atoms. The third-order valence-electron chi connectivity index (χ3n) is 4.61. The molecule has 1 aliphatic carbocycles. The molecule has 1 unspecified atom stereocenters. The summed E-state index contributed by atoms with van der Waals surface area (Å²) in [5.74, 6) is 0.475. The Morgan fingerprint density at radius 1 is 1.19 bits per heavy atom. The van der Waals surface area contributed by atoms with Gasteiger partial charge < -0.3 is 19.7 Å². The smallest absolute Gasteiger partial charge is 0.407 e. The highest BCUT2D eigenvalue weighted by molar-refractivity contribution is 5.79. The Morgan fingerprint density at radius 3 is 2.41 bits per heavy atom. The molecule has 0 aliphatic heterocycles. The van der Waals surface area contributed by atoms with Crippen molar-refractivity contribution in [1.29, 1.82) is 0 Å². The van der Waals surface area contributed by atoms with Crippen LogP contribution in [-0.4, -0.2) is 34.5 Å².